The summed E-state index contributed by atoms with van der Waals surface area (Å²) < 4.78 is 6.84. The van der Waals surface area contributed by atoms with E-state index in [-0.39, 0.29) is 18.9 Å². The van der Waals surface area contributed by atoms with Crippen LogP contribution in [0.4, 0.5) is 5.69 Å². The monoisotopic (exact) mass is 390 g/mol. The summed E-state index contributed by atoms with van der Waals surface area (Å²) in [6.45, 7) is 0.282. The van der Waals surface area contributed by atoms with Crippen LogP contribution in [0.2, 0.25) is 0 Å². The molecule has 0 saturated carbocycles. The summed E-state index contributed by atoms with van der Waals surface area (Å²) in [6, 6.07) is 3.59. The van der Waals surface area contributed by atoms with E-state index in [0.717, 1.165) is 8.95 Å². The Balaban J connectivity index is 2.42. The van der Waals surface area contributed by atoms with Gasteiger partial charge in [-0.15, -0.1) is 0 Å². The van der Waals surface area contributed by atoms with Crippen LogP contribution in [0.1, 0.15) is 6.42 Å². The first-order chi connectivity index (χ1) is 8.93. The highest BCUT2D eigenvalue weighted by Crippen LogP contribution is 2.41. The maximum absolute atomic E-state index is 12.0. The second-order valence-electron chi connectivity index (χ2n) is 4.25. The minimum atomic E-state index is -0.456. The van der Waals surface area contributed by atoms with Gasteiger partial charge in [0.2, 0.25) is 11.8 Å². The van der Waals surface area contributed by atoms with Crippen molar-refractivity contribution >= 4 is 49.4 Å². The van der Waals surface area contributed by atoms with E-state index in [4.69, 9.17) is 10.5 Å². The minimum Gasteiger partial charge on any atom is -0.494 e. The van der Waals surface area contributed by atoms with Crippen molar-refractivity contribution < 1.29 is 14.3 Å². The number of nitrogens with zero attached hydrogens (tertiary/aromatic N) is 1. The highest BCUT2D eigenvalue weighted by molar-refractivity contribution is 9.11. The molecule has 0 aromatic heterocycles. The average Bonchev–Trinajstić information content (AvgIpc) is 2.70. The van der Waals surface area contributed by atoms with E-state index >= 15 is 0 Å². The smallest absolute Gasteiger partial charge is 0.228 e. The quantitative estimate of drug-likeness (QED) is 0.856. The topological polar surface area (TPSA) is 72.6 Å². The van der Waals surface area contributed by atoms with Gasteiger partial charge < -0.3 is 15.4 Å². The summed E-state index contributed by atoms with van der Waals surface area (Å²) in [6.07, 6.45) is 0.140. The molecule has 19 heavy (non-hydrogen) atoms. The number of benzene rings is 1. The van der Waals surface area contributed by atoms with Crippen LogP contribution >= 0.6 is 31.9 Å². The van der Waals surface area contributed by atoms with Gasteiger partial charge >= 0.3 is 0 Å². The maximum Gasteiger partial charge on any atom is 0.228 e. The molecule has 1 aliphatic heterocycles. The second-order valence-corrected chi connectivity index (χ2v) is 6.02. The molecule has 7 heteroatoms. The van der Waals surface area contributed by atoms with Crippen LogP contribution in [0, 0.1) is 5.92 Å². The summed E-state index contributed by atoms with van der Waals surface area (Å²) in [5.74, 6) is -0.486. The summed E-state index contributed by atoms with van der Waals surface area (Å²) in [5.41, 5.74) is 5.89. The molecule has 5 nitrogen and oxygen atoms in total. The lowest BCUT2D eigenvalue weighted by molar-refractivity contribution is -0.123. The predicted molar refractivity (Wildman–Crippen MR) is 78.0 cm³/mol. The van der Waals surface area contributed by atoms with Crippen LogP contribution in [-0.4, -0.2) is 25.5 Å². The number of carbonyl (C=O) groups excluding carboxylic acids is 2. The van der Waals surface area contributed by atoms with Gasteiger partial charge in [-0.25, -0.2) is 0 Å². The van der Waals surface area contributed by atoms with Crippen LogP contribution in [0.3, 0.4) is 0 Å². The zero-order chi connectivity index (χ0) is 14.2. The number of methoxy groups -OCH3 is 1. The van der Waals surface area contributed by atoms with E-state index in [0.29, 0.717) is 11.4 Å². The lowest BCUT2D eigenvalue weighted by atomic mass is 10.1. The first-order valence-corrected chi connectivity index (χ1v) is 7.15. The number of amides is 2. The van der Waals surface area contributed by atoms with Crippen LogP contribution in [0.25, 0.3) is 0 Å². The number of halogens is 2. The molecular formula is C12H12Br2N2O3. The lowest BCUT2D eigenvalue weighted by Crippen LogP contribution is -2.28. The number of primary amides is 1. The van der Waals surface area contributed by atoms with Crippen LogP contribution in [-0.2, 0) is 9.59 Å². The molecule has 1 fully saturated rings. The Labute approximate surface area is 127 Å². The van der Waals surface area contributed by atoms with Crippen LogP contribution in [0.15, 0.2) is 21.1 Å². The molecule has 0 spiro atoms. The zero-order valence-electron chi connectivity index (χ0n) is 10.2. The summed E-state index contributed by atoms with van der Waals surface area (Å²) in [4.78, 5) is 24.8. The van der Waals surface area contributed by atoms with Gasteiger partial charge in [0.05, 0.1) is 13.0 Å². The maximum atomic E-state index is 12.0. The molecule has 1 atom stereocenters. The number of hydrogen-bond acceptors (Lipinski definition) is 3. The molecule has 2 rings (SSSR count). The van der Waals surface area contributed by atoms with Crippen molar-refractivity contribution in [2.45, 2.75) is 6.42 Å². The van der Waals surface area contributed by atoms with E-state index in [2.05, 4.69) is 31.9 Å². The molecule has 0 radical (unpaired) electrons. The van der Waals surface area contributed by atoms with Gasteiger partial charge in [-0.2, -0.15) is 0 Å². The Morgan fingerprint density at radius 2 is 2.16 bits per heavy atom. The molecule has 2 N–H and O–H groups in total. The van der Waals surface area contributed by atoms with E-state index in [1.54, 1.807) is 6.07 Å². The van der Waals surface area contributed by atoms with Gasteiger partial charge in [0.25, 0.3) is 0 Å². The fourth-order valence-electron chi connectivity index (χ4n) is 2.07. The van der Waals surface area contributed by atoms with E-state index in [9.17, 15) is 9.59 Å². The largest absolute Gasteiger partial charge is 0.494 e. The Kier molecular flexibility index (Phi) is 4.15. The van der Waals surface area contributed by atoms with E-state index in [1.165, 1.54) is 12.0 Å². The Hall–Kier alpha value is -1.08. The Morgan fingerprint density at radius 1 is 1.47 bits per heavy atom. The number of ether oxygens (including phenoxy) is 1. The molecule has 1 aliphatic rings. The van der Waals surface area contributed by atoms with Crippen molar-refractivity contribution in [2.75, 3.05) is 18.6 Å². The number of nitrogens with two attached hydrogens (primary N) is 1. The summed E-state index contributed by atoms with van der Waals surface area (Å²) in [7, 11) is 1.53. The lowest BCUT2D eigenvalue weighted by Gasteiger charge is -2.21. The number of anilines is 1. The first kappa shape index (κ1) is 14.3. The van der Waals surface area contributed by atoms with Gasteiger partial charge in [-0.05, 0) is 28.1 Å². The van der Waals surface area contributed by atoms with Crippen molar-refractivity contribution in [1.29, 1.82) is 0 Å². The standard InChI is InChI=1S/C12H12Br2N2O3/c1-19-9-4-7(13)3-8(14)11(9)16-5-6(12(15)18)2-10(16)17/h3-4,6H,2,5H2,1H3,(H2,15,18). The molecule has 1 unspecified atom stereocenters. The summed E-state index contributed by atoms with van der Waals surface area (Å²) >= 11 is 6.77. The average molecular weight is 392 g/mol. The molecule has 0 bridgehead atoms. The molecule has 102 valence electrons. The van der Waals surface area contributed by atoms with E-state index < -0.39 is 11.8 Å². The normalized spacial score (nSPS) is 18.8. The number of carbonyl (C=O) groups is 2. The fraction of sp³-hybridized carbons (Fsp3) is 0.333. The fourth-order valence-corrected chi connectivity index (χ4v) is 3.47. The highest BCUT2D eigenvalue weighted by atomic mass is 79.9. The third-order valence-corrected chi connectivity index (χ3v) is 4.07. The van der Waals surface area contributed by atoms with Crippen molar-refractivity contribution in [3.8, 4) is 5.75 Å². The van der Waals surface area contributed by atoms with Gasteiger partial charge in [0.1, 0.15) is 11.4 Å². The molecule has 2 amide bonds. The zero-order valence-corrected chi connectivity index (χ0v) is 13.3. The van der Waals surface area contributed by atoms with Gasteiger partial charge in [-0.3, -0.25) is 9.59 Å². The Bertz CT molecular complexity index is 548. The molecule has 1 heterocycles. The SMILES string of the molecule is COc1cc(Br)cc(Br)c1N1CC(C(N)=O)CC1=O. The Morgan fingerprint density at radius 3 is 2.68 bits per heavy atom. The van der Waals surface area contributed by atoms with Gasteiger partial charge in [0, 0.05) is 21.9 Å². The van der Waals surface area contributed by atoms with Crippen LogP contribution < -0.4 is 15.4 Å². The highest BCUT2D eigenvalue weighted by Gasteiger charge is 2.36. The minimum absolute atomic E-state index is 0.134. The van der Waals surface area contributed by atoms with E-state index in [1.807, 2.05) is 6.07 Å². The van der Waals surface area contributed by atoms with Crippen molar-refractivity contribution in [1.82, 2.24) is 0 Å². The molecule has 1 aromatic carbocycles. The van der Waals surface area contributed by atoms with Gasteiger partial charge in [-0.1, -0.05) is 15.9 Å². The number of rotatable bonds is 3. The number of hydrogen-bond donors (Lipinski definition) is 1. The predicted octanol–water partition coefficient (Wildman–Crippen LogP) is 2.06. The molecule has 1 saturated heterocycles. The third kappa shape index (κ3) is 2.76. The first-order valence-electron chi connectivity index (χ1n) is 5.56. The van der Waals surface area contributed by atoms with Crippen molar-refractivity contribution in [3.05, 3.63) is 21.1 Å². The van der Waals surface area contributed by atoms with Crippen LogP contribution in [0.5, 0.6) is 5.75 Å². The van der Waals surface area contributed by atoms with Crippen molar-refractivity contribution in [3.63, 3.8) is 0 Å². The molecular weight excluding hydrogens is 380 g/mol. The molecule has 1 aromatic rings. The van der Waals surface area contributed by atoms with Crippen molar-refractivity contribution in [2.24, 2.45) is 11.7 Å². The second kappa shape index (κ2) is 5.50. The summed E-state index contributed by atoms with van der Waals surface area (Å²) in [5, 5.41) is 0. The third-order valence-electron chi connectivity index (χ3n) is 3.01. The van der Waals surface area contributed by atoms with Gasteiger partial charge in [0.15, 0.2) is 0 Å². The molecule has 0 aliphatic carbocycles.